The lowest BCUT2D eigenvalue weighted by molar-refractivity contribution is -0.119. The second-order valence-electron chi connectivity index (χ2n) is 10.5. The van der Waals surface area contributed by atoms with E-state index in [0.717, 1.165) is 50.4 Å². The Balaban J connectivity index is 0.000000252. The molecule has 4 rings (SSSR count). The highest BCUT2D eigenvalue weighted by molar-refractivity contribution is 5.95. The molecule has 8 heteroatoms. The number of nitrogens with zero attached hydrogens (tertiary/aromatic N) is 2. The molecule has 2 aromatic carbocycles. The van der Waals surface area contributed by atoms with E-state index in [-0.39, 0.29) is 23.3 Å². The summed E-state index contributed by atoms with van der Waals surface area (Å²) in [6.07, 6.45) is 3.39. The molecule has 2 amide bonds. The molecule has 2 aliphatic heterocycles. The second kappa shape index (κ2) is 14.3. The summed E-state index contributed by atoms with van der Waals surface area (Å²) in [5.74, 6) is -1.21. The Bertz CT molecular complexity index is 1060. The molecule has 0 aliphatic carbocycles. The van der Waals surface area contributed by atoms with Gasteiger partial charge in [-0.15, -0.1) is 0 Å². The van der Waals surface area contributed by atoms with Gasteiger partial charge in [-0.25, -0.2) is 13.2 Å². The Morgan fingerprint density at radius 1 is 0.895 bits per heavy atom. The molecule has 210 valence electrons. The Hall–Kier alpha value is -2.87. The van der Waals surface area contributed by atoms with Crippen LogP contribution in [-0.2, 0) is 4.79 Å². The van der Waals surface area contributed by atoms with Crippen molar-refractivity contribution in [2.45, 2.75) is 71.3 Å². The lowest BCUT2D eigenvalue weighted by Crippen LogP contribution is -2.39. The maximum Gasteiger partial charge on any atom is 0.251 e. The van der Waals surface area contributed by atoms with Crippen LogP contribution in [0.2, 0.25) is 0 Å². The minimum Gasteiger partial charge on any atom is -0.355 e. The third kappa shape index (κ3) is 8.32. The van der Waals surface area contributed by atoms with E-state index >= 15 is 0 Å². The number of piperidine rings is 1. The first-order valence-corrected chi connectivity index (χ1v) is 13.4. The van der Waals surface area contributed by atoms with Crippen LogP contribution in [0.25, 0.3) is 0 Å². The van der Waals surface area contributed by atoms with Crippen molar-refractivity contribution in [1.29, 1.82) is 0 Å². The number of nitrogens with one attached hydrogen (secondary N) is 1. The molecule has 0 aromatic heterocycles. The van der Waals surface area contributed by atoms with Crippen molar-refractivity contribution in [2.75, 3.05) is 33.2 Å². The van der Waals surface area contributed by atoms with Crippen LogP contribution in [0.1, 0.15) is 87.2 Å². The fourth-order valence-electron chi connectivity index (χ4n) is 4.99. The van der Waals surface area contributed by atoms with E-state index < -0.39 is 17.5 Å². The summed E-state index contributed by atoms with van der Waals surface area (Å²) >= 11 is 0. The molecular weight excluding hydrogens is 491 g/mol. The van der Waals surface area contributed by atoms with Crippen molar-refractivity contribution in [1.82, 2.24) is 15.1 Å². The zero-order valence-electron chi connectivity index (χ0n) is 23.5. The summed E-state index contributed by atoms with van der Waals surface area (Å²) in [5, 5.41) is 2.54. The number of halogens is 3. The summed E-state index contributed by atoms with van der Waals surface area (Å²) in [7, 11) is 1.53. The van der Waals surface area contributed by atoms with Crippen molar-refractivity contribution >= 4 is 12.3 Å². The standard InChI is InChI=1S/C14H19F2N.C14H17FN2O2.C2H6/c1-14(2,3)17-7-6-10(9-17)12-5-4-11(15)8-13(12)16;1-16-14(19)13-8-11(15)2-3-12(13)10-4-6-17(9-18)7-5-10;1-2/h4-5,8,10H,6-7,9H2,1-3H3;2-3,8-10H,4-7H2,1H3,(H,16,19);1-2H3/t10-;;/m0../s1. The smallest absolute Gasteiger partial charge is 0.251 e. The van der Waals surface area contributed by atoms with Gasteiger partial charge in [-0.05, 0) is 81.8 Å². The fourth-order valence-corrected chi connectivity index (χ4v) is 4.99. The van der Waals surface area contributed by atoms with Crippen LogP contribution < -0.4 is 5.32 Å². The number of carbonyl (C=O) groups excluding carboxylic acids is 2. The first-order chi connectivity index (χ1) is 18.0. The van der Waals surface area contributed by atoms with Gasteiger partial charge in [0.2, 0.25) is 6.41 Å². The van der Waals surface area contributed by atoms with Crippen molar-refractivity contribution in [3.05, 3.63) is 70.5 Å². The molecule has 2 fully saturated rings. The van der Waals surface area contributed by atoms with Gasteiger partial charge < -0.3 is 10.2 Å². The third-order valence-electron chi connectivity index (χ3n) is 7.14. The van der Waals surface area contributed by atoms with Crippen LogP contribution in [-0.4, -0.2) is 60.9 Å². The molecule has 1 N–H and O–H groups in total. The highest BCUT2D eigenvalue weighted by atomic mass is 19.1. The number of hydrogen-bond acceptors (Lipinski definition) is 3. The van der Waals surface area contributed by atoms with Crippen LogP contribution >= 0.6 is 0 Å². The van der Waals surface area contributed by atoms with Crippen LogP contribution in [0.3, 0.4) is 0 Å². The third-order valence-corrected chi connectivity index (χ3v) is 7.14. The predicted octanol–water partition coefficient (Wildman–Crippen LogP) is 6.10. The minimum absolute atomic E-state index is 0.116. The second-order valence-corrected chi connectivity index (χ2v) is 10.5. The Labute approximate surface area is 225 Å². The van der Waals surface area contributed by atoms with Crippen molar-refractivity contribution < 1.29 is 22.8 Å². The van der Waals surface area contributed by atoms with Crippen molar-refractivity contribution in [3.63, 3.8) is 0 Å². The SMILES string of the molecule is CC.CC(C)(C)N1CC[C@H](c2ccc(F)cc2F)C1.CNC(=O)c1cc(F)ccc1C1CCN(C=O)CC1. The molecule has 2 aromatic rings. The average Bonchev–Trinajstić information content (AvgIpc) is 3.41. The molecule has 2 aliphatic rings. The summed E-state index contributed by atoms with van der Waals surface area (Å²) in [5.41, 5.74) is 2.03. The summed E-state index contributed by atoms with van der Waals surface area (Å²) < 4.78 is 39.8. The molecule has 0 bridgehead atoms. The number of benzene rings is 2. The molecular formula is C30H42F3N3O2. The van der Waals surface area contributed by atoms with Gasteiger partial charge >= 0.3 is 0 Å². The van der Waals surface area contributed by atoms with Gasteiger partial charge in [0.05, 0.1) is 0 Å². The fraction of sp³-hybridized carbons (Fsp3) is 0.533. The minimum atomic E-state index is -0.503. The lowest BCUT2D eigenvalue weighted by atomic mass is 9.86. The summed E-state index contributed by atoms with van der Waals surface area (Å²) in [6.45, 7) is 13.7. The first kappa shape index (κ1) is 31.3. The lowest BCUT2D eigenvalue weighted by Gasteiger charge is -2.31. The largest absolute Gasteiger partial charge is 0.355 e. The van der Waals surface area contributed by atoms with Crippen molar-refractivity contribution in [2.24, 2.45) is 0 Å². The van der Waals surface area contributed by atoms with Crippen LogP contribution in [0.15, 0.2) is 36.4 Å². The van der Waals surface area contributed by atoms with Gasteiger partial charge in [-0.3, -0.25) is 14.5 Å². The average molecular weight is 534 g/mol. The van der Waals surface area contributed by atoms with E-state index in [1.807, 2.05) is 13.8 Å². The van der Waals surface area contributed by atoms with Crippen LogP contribution in [0, 0.1) is 17.5 Å². The first-order valence-electron chi connectivity index (χ1n) is 13.4. The molecule has 0 unspecified atom stereocenters. The quantitative estimate of drug-likeness (QED) is 0.483. The molecule has 0 saturated carbocycles. The molecule has 2 heterocycles. The van der Waals surface area contributed by atoms with E-state index in [9.17, 15) is 22.8 Å². The van der Waals surface area contributed by atoms with Gasteiger partial charge in [-0.1, -0.05) is 26.0 Å². The van der Waals surface area contributed by atoms with E-state index in [1.165, 1.54) is 25.2 Å². The zero-order valence-corrected chi connectivity index (χ0v) is 23.5. The summed E-state index contributed by atoms with van der Waals surface area (Å²) in [4.78, 5) is 26.6. The Kier molecular flexibility index (Phi) is 11.8. The number of rotatable bonds is 4. The number of hydrogen-bond donors (Lipinski definition) is 1. The van der Waals surface area contributed by atoms with Crippen LogP contribution in [0.5, 0.6) is 0 Å². The monoisotopic (exact) mass is 533 g/mol. The number of carbonyl (C=O) groups is 2. The number of likely N-dealkylation sites (tertiary alicyclic amines) is 2. The zero-order chi connectivity index (χ0) is 28.5. The van der Waals surface area contributed by atoms with Gasteiger partial charge in [-0.2, -0.15) is 0 Å². The molecule has 0 spiro atoms. The van der Waals surface area contributed by atoms with Crippen molar-refractivity contribution in [3.8, 4) is 0 Å². The molecule has 5 nitrogen and oxygen atoms in total. The van der Waals surface area contributed by atoms with Gasteiger partial charge in [0.15, 0.2) is 0 Å². The van der Waals surface area contributed by atoms with Gasteiger partial charge in [0.25, 0.3) is 5.91 Å². The number of amides is 2. The molecule has 0 radical (unpaired) electrons. The molecule has 1 atom stereocenters. The molecule has 38 heavy (non-hydrogen) atoms. The van der Waals surface area contributed by atoms with E-state index in [2.05, 4.69) is 31.0 Å². The Morgan fingerprint density at radius 3 is 1.95 bits per heavy atom. The predicted molar refractivity (Wildman–Crippen MR) is 146 cm³/mol. The van der Waals surface area contributed by atoms with E-state index in [0.29, 0.717) is 24.2 Å². The topological polar surface area (TPSA) is 52.7 Å². The van der Waals surface area contributed by atoms with E-state index in [4.69, 9.17) is 0 Å². The highest BCUT2D eigenvalue weighted by Gasteiger charge is 2.32. The highest BCUT2D eigenvalue weighted by Crippen LogP contribution is 2.33. The Morgan fingerprint density at radius 2 is 1.45 bits per heavy atom. The normalized spacial score (nSPS) is 18.1. The maximum absolute atomic E-state index is 13.7. The van der Waals surface area contributed by atoms with Gasteiger partial charge in [0, 0.05) is 49.8 Å². The van der Waals surface area contributed by atoms with E-state index in [1.54, 1.807) is 17.0 Å². The molecule has 2 saturated heterocycles. The summed E-state index contributed by atoms with van der Waals surface area (Å²) in [6, 6.07) is 8.25. The van der Waals surface area contributed by atoms with Crippen LogP contribution in [0.4, 0.5) is 13.2 Å². The van der Waals surface area contributed by atoms with Gasteiger partial charge in [0.1, 0.15) is 17.5 Å². The maximum atomic E-state index is 13.7.